The molecule has 0 N–H and O–H groups in total. The molecule has 3 nitrogen and oxygen atoms in total. The van der Waals surface area contributed by atoms with Crippen LogP contribution in [-0.4, -0.2) is 4.57 Å². The molecule has 0 amide bonds. The Morgan fingerprint density at radius 2 is 0.725 bits per heavy atom. The third-order valence-corrected chi connectivity index (χ3v) is 14.2. The minimum absolute atomic E-state index is 0.872. The van der Waals surface area contributed by atoms with Crippen molar-refractivity contribution in [3.63, 3.8) is 0 Å². The van der Waals surface area contributed by atoms with E-state index in [2.05, 4.69) is 252 Å². The van der Waals surface area contributed by atoms with Crippen LogP contribution in [0.2, 0.25) is 0 Å². The van der Waals surface area contributed by atoms with Crippen LogP contribution in [0, 0.1) is 0 Å². The van der Waals surface area contributed by atoms with Gasteiger partial charge < -0.3 is 13.9 Å². The molecular formula is C66H42N2O. The number of benzene rings is 12. The first-order valence-electron chi connectivity index (χ1n) is 23.7. The van der Waals surface area contributed by atoms with E-state index in [-0.39, 0.29) is 0 Å². The maximum absolute atomic E-state index is 6.36. The molecule has 0 atom stereocenters. The van der Waals surface area contributed by atoms with Crippen molar-refractivity contribution in [2.75, 3.05) is 4.90 Å². The molecule has 14 rings (SSSR count). The van der Waals surface area contributed by atoms with Gasteiger partial charge in [-0.1, -0.05) is 176 Å². The van der Waals surface area contributed by atoms with Gasteiger partial charge in [0.15, 0.2) is 0 Å². The van der Waals surface area contributed by atoms with E-state index < -0.39 is 0 Å². The van der Waals surface area contributed by atoms with Crippen LogP contribution in [0.3, 0.4) is 0 Å². The standard InChI is InChI=1S/C66H42N2O/c1-3-14-43(15-4-1)44-26-28-45(29-27-44)47-32-38-61-59(40-47)60-41-48(33-39-62(60)68(61)51-36-37-56-54-20-8-7-18-52(54)53-19-9-10-21-55(53)58(56)42-51)46-30-34-50(35-31-46)67(49-16-5-2-6-17-49)63-23-13-25-65-66(63)57-22-11-12-24-64(57)69-65/h1-42H. The van der Waals surface area contributed by atoms with E-state index in [1.165, 1.54) is 76.4 Å². The summed E-state index contributed by atoms with van der Waals surface area (Å²) in [5.41, 5.74) is 15.6. The fourth-order valence-corrected chi connectivity index (χ4v) is 10.9. The van der Waals surface area contributed by atoms with Crippen LogP contribution in [0.15, 0.2) is 259 Å². The van der Waals surface area contributed by atoms with Crippen molar-refractivity contribution >= 4 is 93.1 Å². The monoisotopic (exact) mass is 878 g/mol. The molecule has 0 unspecified atom stereocenters. The summed E-state index contributed by atoms with van der Waals surface area (Å²) in [7, 11) is 0. The van der Waals surface area contributed by atoms with Crippen LogP contribution in [0.25, 0.3) is 115 Å². The van der Waals surface area contributed by atoms with Gasteiger partial charge >= 0.3 is 0 Å². The number of rotatable bonds is 7. The van der Waals surface area contributed by atoms with E-state index in [4.69, 9.17) is 4.42 Å². The fraction of sp³-hybridized carbons (Fsp3) is 0. The van der Waals surface area contributed by atoms with Gasteiger partial charge in [0.1, 0.15) is 11.2 Å². The van der Waals surface area contributed by atoms with Gasteiger partial charge in [0.05, 0.1) is 22.1 Å². The first-order chi connectivity index (χ1) is 34.2. The molecule has 0 spiro atoms. The van der Waals surface area contributed by atoms with E-state index in [0.29, 0.717) is 0 Å². The highest BCUT2D eigenvalue weighted by atomic mass is 16.3. The molecule has 0 radical (unpaired) electrons. The van der Waals surface area contributed by atoms with E-state index >= 15 is 0 Å². The summed E-state index contributed by atoms with van der Waals surface area (Å²) in [4.78, 5) is 2.34. The van der Waals surface area contributed by atoms with Gasteiger partial charge in [-0.2, -0.15) is 0 Å². The number of hydrogen-bond donors (Lipinski definition) is 0. The minimum Gasteiger partial charge on any atom is -0.456 e. The van der Waals surface area contributed by atoms with E-state index in [1.54, 1.807) is 0 Å². The Labute approximate surface area is 399 Å². The van der Waals surface area contributed by atoms with Crippen LogP contribution >= 0.6 is 0 Å². The molecule has 0 aliphatic heterocycles. The third-order valence-electron chi connectivity index (χ3n) is 14.2. The summed E-state index contributed by atoms with van der Waals surface area (Å²) in [6, 6.07) is 92.5. The van der Waals surface area contributed by atoms with Crippen molar-refractivity contribution in [3.05, 3.63) is 255 Å². The summed E-state index contributed by atoms with van der Waals surface area (Å²) in [5, 5.41) is 12.2. The lowest BCUT2D eigenvalue weighted by Gasteiger charge is -2.26. The predicted octanol–water partition coefficient (Wildman–Crippen LogP) is 18.6. The molecule has 2 aromatic heterocycles. The van der Waals surface area contributed by atoms with Crippen molar-refractivity contribution in [2.24, 2.45) is 0 Å². The largest absolute Gasteiger partial charge is 0.456 e. The number of fused-ring (bicyclic) bond motifs is 12. The SMILES string of the molecule is c1ccc(-c2ccc(-c3ccc4c(c3)c3cc(-c5ccc(N(c6ccccc6)c6cccc7oc8ccccc8c67)cc5)ccc3n4-c3ccc4c5ccccc5c5ccccc5c4c3)cc2)cc1. The van der Waals surface area contributed by atoms with E-state index in [1.807, 2.05) is 12.1 Å². The number of para-hydroxylation sites is 2. The second kappa shape index (κ2) is 15.7. The Morgan fingerprint density at radius 1 is 0.275 bits per heavy atom. The summed E-state index contributed by atoms with van der Waals surface area (Å²) in [5.74, 6) is 0. The zero-order chi connectivity index (χ0) is 45.4. The van der Waals surface area contributed by atoms with Crippen LogP contribution in [0.1, 0.15) is 0 Å². The van der Waals surface area contributed by atoms with Gasteiger partial charge in [-0.05, 0) is 145 Å². The molecule has 0 bridgehead atoms. The molecule has 322 valence electrons. The molecule has 69 heavy (non-hydrogen) atoms. The van der Waals surface area contributed by atoms with Crippen LogP contribution < -0.4 is 4.90 Å². The van der Waals surface area contributed by atoms with Gasteiger partial charge in [0, 0.05) is 33.2 Å². The number of aromatic nitrogens is 1. The van der Waals surface area contributed by atoms with Crippen LogP contribution in [-0.2, 0) is 0 Å². The Balaban J connectivity index is 0.928. The van der Waals surface area contributed by atoms with Crippen LogP contribution in [0.5, 0.6) is 0 Å². The summed E-state index contributed by atoms with van der Waals surface area (Å²) in [6.45, 7) is 0. The molecule has 0 saturated carbocycles. The molecule has 0 aliphatic carbocycles. The van der Waals surface area contributed by atoms with Gasteiger partial charge in [-0.15, -0.1) is 0 Å². The zero-order valence-electron chi connectivity index (χ0n) is 37.6. The number of hydrogen-bond acceptors (Lipinski definition) is 2. The van der Waals surface area contributed by atoms with Gasteiger partial charge in [0.25, 0.3) is 0 Å². The lowest BCUT2D eigenvalue weighted by Crippen LogP contribution is -2.10. The quantitative estimate of drug-likeness (QED) is 0.149. The minimum atomic E-state index is 0.872. The molecule has 3 heteroatoms. The molecule has 2 heterocycles. The van der Waals surface area contributed by atoms with E-state index in [9.17, 15) is 0 Å². The molecule has 0 aliphatic rings. The first-order valence-corrected chi connectivity index (χ1v) is 23.7. The second-order valence-corrected chi connectivity index (χ2v) is 18.0. The average molecular weight is 879 g/mol. The molecule has 12 aromatic carbocycles. The Morgan fingerprint density at radius 3 is 1.35 bits per heavy atom. The number of anilines is 3. The first kappa shape index (κ1) is 39.0. The number of nitrogens with zero attached hydrogens (tertiary/aromatic N) is 2. The van der Waals surface area contributed by atoms with Crippen molar-refractivity contribution in [1.29, 1.82) is 0 Å². The summed E-state index contributed by atoms with van der Waals surface area (Å²) in [6.07, 6.45) is 0. The van der Waals surface area contributed by atoms with Gasteiger partial charge in [-0.3, -0.25) is 0 Å². The molecule has 0 saturated heterocycles. The van der Waals surface area contributed by atoms with Crippen LogP contribution in [0.4, 0.5) is 17.1 Å². The highest BCUT2D eigenvalue weighted by Gasteiger charge is 2.21. The van der Waals surface area contributed by atoms with Crippen molar-refractivity contribution in [3.8, 4) is 39.1 Å². The van der Waals surface area contributed by atoms with Gasteiger partial charge in [0.2, 0.25) is 0 Å². The average Bonchev–Trinajstić information content (AvgIpc) is 3.97. The second-order valence-electron chi connectivity index (χ2n) is 18.0. The highest BCUT2D eigenvalue weighted by Crippen LogP contribution is 2.45. The maximum atomic E-state index is 6.36. The summed E-state index contributed by atoms with van der Waals surface area (Å²) < 4.78 is 8.82. The maximum Gasteiger partial charge on any atom is 0.137 e. The van der Waals surface area contributed by atoms with E-state index in [0.717, 1.165) is 55.8 Å². The highest BCUT2D eigenvalue weighted by molar-refractivity contribution is 6.26. The van der Waals surface area contributed by atoms with Gasteiger partial charge in [-0.25, -0.2) is 0 Å². The third kappa shape index (κ3) is 6.36. The Hall–Kier alpha value is -9.18. The fourth-order valence-electron chi connectivity index (χ4n) is 10.9. The zero-order valence-corrected chi connectivity index (χ0v) is 37.6. The van der Waals surface area contributed by atoms with Crippen molar-refractivity contribution in [2.45, 2.75) is 0 Å². The normalized spacial score (nSPS) is 11.8. The number of furan rings is 1. The lowest BCUT2D eigenvalue weighted by molar-refractivity contribution is 0.669. The topological polar surface area (TPSA) is 21.3 Å². The van der Waals surface area contributed by atoms with Crippen molar-refractivity contribution in [1.82, 2.24) is 4.57 Å². The summed E-state index contributed by atoms with van der Waals surface area (Å²) >= 11 is 0. The molecule has 14 aromatic rings. The molecular weight excluding hydrogens is 837 g/mol. The molecule has 0 fully saturated rings. The Kier molecular flexibility index (Phi) is 8.90. The Bertz CT molecular complexity index is 4240. The van der Waals surface area contributed by atoms with Crippen molar-refractivity contribution < 1.29 is 4.42 Å². The lowest BCUT2D eigenvalue weighted by atomic mass is 9.94. The predicted molar refractivity (Wildman–Crippen MR) is 292 cm³/mol. The smallest absolute Gasteiger partial charge is 0.137 e.